The number of pyridine rings is 1. The van der Waals surface area contributed by atoms with Crippen LogP contribution in [0.15, 0.2) is 30.5 Å². The van der Waals surface area contributed by atoms with Crippen molar-refractivity contribution in [2.75, 3.05) is 11.9 Å². The van der Waals surface area contributed by atoms with Gasteiger partial charge in [-0.3, -0.25) is 9.59 Å². The lowest BCUT2D eigenvalue weighted by Crippen LogP contribution is -2.37. The van der Waals surface area contributed by atoms with Crippen LogP contribution in [0.2, 0.25) is 0 Å². The minimum Gasteiger partial charge on any atom is -0.394 e. The first-order valence-electron chi connectivity index (χ1n) is 11.3. The number of nitrogens with one attached hydrogen (secondary N) is 3. The van der Waals surface area contributed by atoms with Crippen molar-refractivity contribution in [2.45, 2.75) is 64.6 Å². The molecule has 1 aromatic heterocycles. The van der Waals surface area contributed by atoms with Gasteiger partial charge in [0.15, 0.2) is 0 Å². The number of aromatic nitrogens is 1. The normalized spacial score (nSPS) is 19.9. The van der Waals surface area contributed by atoms with Crippen LogP contribution >= 0.6 is 0 Å². The van der Waals surface area contributed by atoms with E-state index in [-0.39, 0.29) is 30.5 Å². The second kappa shape index (κ2) is 8.54. The highest BCUT2D eigenvalue weighted by Gasteiger charge is 2.35. The first-order chi connectivity index (χ1) is 15.2. The van der Waals surface area contributed by atoms with Gasteiger partial charge in [-0.15, -0.1) is 0 Å². The Hall–Kier alpha value is -2.93. The Morgan fingerprint density at radius 1 is 1.16 bits per heavy atom. The third-order valence-corrected chi connectivity index (χ3v) is 6.13. The van der Waals surface area contributed by atoms with Crippen LogP contribution in [0.3, 0.4) is 0 Å². The first kappa shape index (κ1) is 22.3. The number of carbonyl (C=O) groups excluding carboxylic acids is 2. The summed E-state index contributed by atoms with van der Waals surface area (Å²) in [5, 5.41) is 18.9. The Labute approximate surface area is 189 Å². The van der Waals surface area contributed by atoms with E-state index in [0.29, 0.717) is 22.9 Å². The fourth-order valence-electron chi connectivity index (χ4n) is 3.58. The maximum Gasteiger partial charge on any atom is 0.255 e. The van der Waals surface area contributed by atoms with E-state index in [1.807, 2.05) is 45.0 Å². The number of amides is 2. The van der Waals surface area contributed by atoms with Crippen molar-refractivity contribution in [3.63, 3.8) is 0 Å². The quantitative estimate of drug-likeness (QED) is 0.509. The van der Waals surface area contributed by atoms with Crippen LogP contribution < -0.4 is 16.0 Å². The van der Waals surface area contributed by atoms with E-state index in [1.54, 1.807) is 6.20 Å². The summed E-state index contributed by atoms with van der Waals surface area (Å²) in [6.45, 7) is 7.67. The molecular formula is C25H32N4O3. The van der Waals surface area contributed by atoms with Gasteiger partial charge in [0.2, 0.25) is 0 Å². The molecule has 2 amide bonds. The number of aryl methyl sites for hydroxylation is 1. The van der Waals surface area contributed by atoms with E-state index in [9.17, 15) is 14.7 Å². The molecule has 0 spiro atoms. The van der Waals surface area contributed by atoms with Gasteiger partial charge in [0.05, 0.1) is 17.7 Å². The highest BCUT2D eigenvalue weighted by Crippen LogP contribution is 2.32. The minimum atomic E-state index is -0.632. The van der Waals surface area contributed by atoms with E-state index in [1.165, 1.54) is 0 Å². The Kier molecular flexibility index (Phi) is 5.95. The molecule has 170 valence electrons. The third-order valence-electron chi connectivity index (χ3n) is 6.13. The Morgan fingerprint density at radius 3 is 2.50 bits per heavy atom. The molecule has 2 unspecified atom stereocenters. The molecule has 0 radical (unpaired) electrons. The van der Waals surface area contributed by atoms with Crippen molar-refractivity contribution in [3.8, 4) is 11.1 Å². The van der Waals surface area contributed by atoms with Gasteiger partial charge in [-0.05, 0) is 75.3 Å². The second-order valence-electron chi connectivity index (χ2n) is 9.86. The molecule has 4 N–H and O–H groups in total. The van der Waals surface area contributed by atoms with Crippen molar-refractivity contribution >= 4 is 17.6 Å². The molecule has 7 nitrogen and oxygen atoms in total. The molecule has 0 saturated heterocycles. The van der Waals surface area contributed by atoms with E-state index in [4.69, 9.17) is 0 Å². The number of carbonyl (C=O) groups is 2. The molecule has 1 aromatic carbocycles. The fraction of sp³-hybridized carbons (Fsp3) is 0.480. The predicted octanol–water partition coefficient (Wildman–Crippen LogP) is 3.27. The molecule has 2 saturated carbocycles. The molecule has 32 heavy (non-hydrogen) atoms. The van der Waals surface area contributed by atoms with Gasteiger partial charge in [-0.25, -0.2) is 4.98 Å². The molecule has 4 rings (SSSR count). The molecule has 2 atom stereocenters. The van der Waals surface area contributed by atoms with Crippen LogP contribution in [0, 0.1) is 12.8 Å². The number of aliphatic hydroxyl groups excluding tert-OH is 1. The zero-order valence-corrected chi connectivity index (χ0v) is 19.2. The summed E-state index contributed by atoms with van der Waals surface area (Å²) in [5.41, 5.74) is 3.02. The van der Waals surface area contributed by atoms with Crippen LogP contribution in [-0.4, -0.2) is 46.1 Å². The number of hydrogen-bond acceptors (Lipinski definition) is 5. The van der Waals surface area contributed by atoms with E-state index >= 15 is 0 Å². The van der Waals surface area contributed by atoms with Crippen LogP contribution in [0.5, 0.6) is 0 Å². The highest BCUT2D eigenvalue weighted by atomic mass is 16.3. The summed E-state index contributed by atoms with van der Waals surface area (Å²) in [5.74, 6) is 0.638. The van der Waals surface area contributed by atoms with Gasteiger partial charge < -0.3 is 21.1 Å². The molecule has 0 bridgehead atoms. The van der Waals surface area contributed by atoms with Crippen molar-refractivity contribution in [2.24, 2.45) is 5.92 Å². The number of anilines is 1. The van der Waals surface area contributed by atoms with Gasteiger partial charge in [-0.1, -0.05) is 13.0 Å². The summed E-state index contributed by atoms with van der Waals surface area (Å²) in [6, 6.07) is 7.89. The lowest BCUT2D eigenvalue weighted by molar-refractivity contribution is 0.0941. The largest absolute Gasteiger partial charge is 0.394 e. The SMILES string of the molecule is Cc1ccc(C(=O)NC2CC2)cc1-c1cnc(NC(C)(C)CO)c(C(=O)NC2CC2C)c1. The highest BCUT2D eigenvalue weighted by molar-refractivity contribution is 6.01. The lowest BCUT2D eigenvalue weighted by atomic mass is 9.97. The Bertz CT molecular complexity index is 1050. The monoisotopic (exact) mass is 436 g/mol. The van der Waals surface area contributed by atoms with Crippen LogP contribution in [0.1, 0.15) is 66.3 Å². The van der Waals surface area contributed by atoms with Crippen LogP contribution in [0.25, 0.3) is 11.1 Å². The van der Waals surface area contributed by atoms with Crippen molar-refractivity contribution in [1.29, 1.82) is 0 Å². The number of nitrogens with zero attached hydrogens (tertiary/aromatic N) is 1. The molecule has 1 heterocycles. The van der Waals surface area contributed by atoms with Gasteiger partial charge in [-0.2, -0.15) is 0 Å². The molecule has 7 heteroatoms. The van der Waals surface area contributed by atoms with Gasteiger partial charge in [0.25, 0.3) is 11.8 Å². The molecule has 2 fully saturated rings. The topological polar surface area (TPSA) is 103 Å². The number of hydrogen-bond donors (Lipinski definition) is 4. The second-order valence-corrected chi connectivity index (χ2v) is 9.86. The molecule has 2 aliphatic rings. The number of rotatable bonds is 8. The van der Waals surface area contributed by atoms with Crippen molar-refractivity contribution < 1.29 is 14.7 Å². The van der Waals surface area contributed by atoms with Crippen molar-refractivity contribution in [1.82, 2.24) is 15.6 Å². The van der Waals surface area contributed by atoms with Gasteiger partial charge in [0, 0.05) is 29.4 Å². The average Bonchev–Trinajstić information content (AvgIpc) is 3.68. The number of benzene rings is 1. The minimum absolute atomic E-state index is 0.0784. The summed E-state index contributed by atoms with van der Waals surface area (Å²) in [6.07, 6.45) is 4.74. The maximum absolute atomic E-state index is 13.1. The maximum atomic E-state index is 13.1. The summed E-state index contributed by atoms with van der Waals surface area (Å²) in [4.78, 5) is 30.2. The van der Waals surface area contributed by atoms with Gasteiger partial charge in [0.1, 0.15) is 5.82 Å². The summed E-state index contributed by atoms with van der Waals surface area (Å²) < 4.78 is 0. The predicted molar refractivity (Wildman–Crippen MR) is 125 cm³/mol. The Balaban J connectivity index is 1.68. The first-order valence-corrected chi connectivity index (χ1v) is 11.3. The smallest absolute Gasteiger partial charge is 0.255 e. The lowest BCUT2D eigenvalue weighted by Gasteiger charge is -2.25. The molecule has 0 aliphatic heterocycles. The standard InChI is InChI=1S/C25H32N4O3/c1-14-5-6-16(23(31)27-18-7-8-18)10-19(14)17-11-20(24(32)28-21-9-15(21)2)22(26-12-17)29-25(3,4)13-30/h5-6,10-12,15,18,21,30H,7-9,13H2,1-4H3,(H,26,29)(H,27,31)(H,28,32). The van der Waals surface area contributed by atoms with Crippen molar-refractivity contribution in [3.05, 3.63) is 47.2 Å². The van der Waals surface area contributed by atoms with E-state index in [2.05, 4.69) is 27.9 Å². The zero-order valence-electron chi connectivity index (χ0n) is 19.2. The zero-order chi connectivity index (χ0) is 23.0. The van der Waals surface area contributed by atoms with Crippen LogP contribution in [0.4, 0.5) is 5.82 Å². The van der Waals surface area contributed by atoms with Crippen LogP contribution in [-0.2, 0) is 0 Å². The fourth-order valence-corrected chi connectivity index (χ4v) is 3.58. The summed E-state index contributed by atoms with van der Waals surface area (Å²) >= 11 is 0. The third kappa shape index (κ3) is 5.10. The molecule has 2 aliphatic carbocycles. The summed E-state index contributed by atoms with van der Waals surface area (Å²) in [7, 11) is 0. The van der Waals surface area contributed by atoms with Gasteiger partial charge >= 0.3 is 0 Å². The van der Waals surface area contributed by atoms with E-state index < -0.39 is 5.54 Å². The van der Waals surface area contributed by atoms with E-state index in [0.717, 1.165) is 36.0 Å². The Morgan fingerprint density at radius 2 is 1.88 bits per heavy atom. The number of aliphatic hydroxyl groups is 1. The average molecular weight is 437 g/mol. The molecule has 2 aromatic rings. The molecular weight excluding hydrogens is 404 g/mol.